The highest BCUT2D eigenvalue weighted by Gasteiger charge is 2.20. The highest BCUT2D eigenvalue weighted by molar-refractivity contribution is 5.44. The molecule has 1 heterocycles. The quantitative estimate of drug-likeness (QED) is 0.685. The van der Waals surface area contributed by atoms with Crippen LogP contribution in [-0.4, -0.2) is 9.55 Å². The van der Waals surface area contributed by atoms with Gasteiger partial charge in [0.1, 0.15) is 0 Å². The summed E-state index contributed by atoms with van der Waals surface area (Å²) in [5.41, 5.74) is 7.25. The maximum atomic E-state index is 4.27. The normalized spacial score (nSPS) is 15.2. The summed E-state index contributed by atoms with van der Waals surface area (Å²) in [5.74, 6) is 0. The van der Waals surface area contributed by atoms with E-state index in [0.717, 1.165) is 0 Å². The number of aromatic nitrogens is 2. The van der Waals surface area contributed by atoms with Gasteiger partial charge in [0.25, 0.3) is 0 Å². The first-order valence-corrected chi connectivity index (χ1v) is 8.47. The monoisotopic (exact) mass is 302 g/mol. The number of imidazole rings is 1. The van der Waals surface area contributed by atoms with Crippen LogP contribution in [0, 0.1) is 6.92 Å². The maximum Gasteiger partial charge on any atom is 0.0954 e. The van der Waals surface area contributed by atoms with Crippen molar-refractivity contribution in [1.29, 1.82) is 0 Å². The molecular formula is C21H22N2. The molecule has 0 saturated carbocycles. The fraction of sp³-hybridized carbons (Fsp3) is 0.286. The zero-order chi connectivity index (χ0) is 15.6. The molecule has 116 valence electrons. The lowest BCUT2D eigenvalue weighted by molar-refractivity contribution is 0.657. The number of fused-ring (bicyclic) bond motifs is 1. The molecule has 0 spiro atoms. The van der Waals surface area contributed by atoms with Gasteiger partial charge in [-0.15, -0.1) is 0 Å². The van der Waals surface area contributed by atoms with Crippen molar-refractivity contribution in [3.8, 4) is 0 Å². The second kappa shape index (κ2) is 6.04. The Kier molecular flexibility index (Phi) is 3.74. The Morgan fingerprint density at radius 1 is 1.00 bits per heavy atom. The van der Waals surface area contributed by atoms with Crippen LogP contribution >= 0.6 is 0 Å². The smallest absolute Gasteiger partial charge is 0.0954 e. The number of rotatable bonds is 3. The molecule has 0 amide bonds. The van der Waals surface area contributed by atoms with Crippen LogP contribution in [0.15, 0.2) is 61.2 Å². The molecular weight excluding hydrogens is 280 g/mol. The third kappa shape index (κ3) is 2.70. The zero-order valence-electron chi connectivity index (χ0n) is 13.6. The van der Waals surface area contributed by atoms with Crippen LogP contribution in [-0.2, 0) is 12.8 Å². The summed E-state index contributed by atoms with van der Waals surface area (Å²) in [6, 6.07) is 15.7. The first-order chi connectivity index (χ1) is 11.3. The summed E-state index contributed by atoms with van der Waals surface area (Å²) in [5, 5.41) is 0. The van der Waals surface area contributed by atoms with Crippen LogP contribution in [0.25, 0.3) is 0 Å². The second-order valence-corrected chi connectivity index (χ2v) is 6.51. The Bertz CT molecular complexity index is 788. The molecule has 0 saturated heterocycles. The predicted octanol–water partition coefficient (Wildman–Crippen LogP) is 4.71. The SMILES string of the molecule is Cc1cc(C(c2ccccc2)n2ccnc2)cc2c1CCCC2. The summed E-state index contributed by atoms with van der Waals surface area (Å²) in [6.07, 6.45) is 11.0. The van der Waals surface area contributed by atoms with Crippen molar-refractivity contribution in [2.45, 2.75) is 38.6 Å². The molecule has 0 fully saturated rings. The van der Waals surface area contributed by atoms with Gasteiger partial charge in [0.15, 0.2) is 0 Å². The Labute approximate surface area is 137 Å². The first kappa shape index (κ1) is 14.3. The Balaban J connectivity index is 1.86. The van der Waals surface area contributed by atoms with Gasteiger partial charge in [0.2, 0.25) is 0 Å². The number of benzene rings is 2. The molecule has 3 aromatic rings. The largest absolute Gasteiger partial charge is 0.326 e. The average molecular weight is 302 g/mol. The van der Waals surface area contributed by atoms with Crippen LogP contribution in [0.3, 0.4) is 0 Å². The number of aryl methyl sites for hydroxylation is 2. The number of hydrogen-bond acceptors (Lipinski definition) is 1. The van der Waals surface area contributed by atoms with Gasteiger partial charge < -0.3 is 4.57 Å². The molecule has 2 aromatic carbocycles. The molecule has 0 N–H and O–H groups in total. The van der Waals surface area contributed by atoms with Gasteiger partial charge in [-0.2, -0.15) is 0 Å². The molecule has 0 radical (unpaired) electrons. The summed E-state index contributed by atoms with van der Waals surface area (Å²) in [4.78, 5) is 4.27. The standard InChI is InChI=1S/C21H22N2/c1-16-13-19(14-18-9-5-6-10-20(16)18)21(23-12-11-22-15-23)17-7-3-2-4-8-17/h2-4,7-8,11-15,21H,5-6,9-10H2,1H3. The van der Waals surface area contributed by atoms with Crippen molar-refractivity contribution in [1.82, 2.24) is 9.55 Å². The van der Waals surface area contributed by atoms with E-state index in [1.165, 1.54) is 42.4 Å². The molecule has 1 atom stereocenters. The molecule has 4 rings (SSSR count). The molecule has 0 bridgehead atoms. The van der Waals surface area contributed by atoms with Crippen molar-refractivity contribution in [3.63, 3.8) is 0 Å². The maximum absolute atomic E-state index is 4.27. The van der Waals surface area contributed by atoms with Crippen molar-refractivity contribution in [2.75, 3.05) is 0 Å². The van der Waals surface area contributed by atoms with Gasteiger partial charge in [-0.3, -0.25) is 0 Å². The molecule has 2 heteroatoms. The van der Waals surface area contributed by atoms with Crippen LogP contribution in [0.5, 0.6) is 0 Å². The average Bonchev–Trinajstić information content (AvgIpc) is 3.10. The molecule has 2 nitrogen and oxygen atoms in total. The van der Waals surface area contributed by atoms with E-state index in [0.29, 0.717) is 0 Å². The van der Waals surface area contributed by atoms with E-state index in [1.54, 1.807) is 11.1 Å². The third-order valence-electron chi connectivity index (χ3n) is 4.96. The van der Waals surface area contributed by atoms with Gasteiger partial charge in [0.05, 0.1) is 12.4 Å². The Morgan fingerprint density at radius 2 is 1.83 bits per heavy atom. The van der Waals surface area contributed by atoms with Crippen molar-refractivity contribution in [3.05, 3.63) is 89.0 Å². The lowest BCUT2D eigenvalue weighted by Crippen LogP contribution is -2.13. The minimum atomic E-state index is 0.199. The third-order valence-corrected chi connectivity index (χ3v) is 4.96. The van der Waals surface area contributed by atoms with Crippen LogP contribution < -0.4 is 0 Å². The van der Waals surface area contributed by atoms with Crippen molar-refractivity contribution >= 4 is 0 Å². The lowest BCUT2D eigenvalue weighted by Gasteiger charge is -2.24. The van der Waals surface area contributed by atoms with E-state index in [4.69, 9.17) is 0 Å². The summed E-state index contributed by atoms with van der Waals surface area (Å²) < 4.78 is 2.21. The minimum Gasteiger partial charge on any atom is -0.326 e. The summed E-state index contributed by atoms with van der Waals surface area (Å²) in [7, 11) is 0. The van der Waals surface area contributed by atoms with Crippen LogP contribution in [0.2, 0.25) is 0 Å². The fourth-order valence-corrected chi connectivity index (χ4v) is 3.87. The van der Waals surface area contributed by atoms with Gasteiger partial charge in [-0.25, -0.2) is 4.98 Å². The van der Waals surface area contributed by atoms with Crippen molar-refractivity contribution in [2.24, 2.45) is 0 Å². The Hall–Kier alpha value is -2.35. The van der Waals surface area contributed by atoms with Gasteiger partial charge in [-0.05, 0) is 60.4 Å². The number of hydrogen-bond donors (Lipinski definition) is 0. The van der Waals surface area contributed by atoms with E-state index in [2.05, 4.69) is 65.1 Å². The minimum absolute atomic E-state index is 0.199. The van der Waals surface area contributed by atoms with Crippen LogP contribution in [0.1, 0.15) is 46.7 Å². The van der Waals surface area contributed by atoms with Gasteiger partial charge in [-0.1, -0.05) is 42.5 Å². The summed E-state index contributed by atoms with van der Waals surface area (Å²) >= 11 is 0. The highest BCUT2D eigenvalue weighted by Crippen LogP contribution is 2.32. The Morgan fingerprint density at radius 3 is 2.61 bits per heavy atom. The molecule has 1 aromatic heterocycles. The molecule has 0 aliphatic heterocycles. The van der Waals surface area contributed by atoms with Gasteiger partial charge in [0, 0.05) is 12.4 Å². The van der Waals surface area contributed by atoms with Gasteiger partial charge >= 0.3 is 0 Å². The zero-order valence-corrected chi connectivity index (χ0v) is 13.6. The van der Waals surface area contributed by atoms with Crippen LogP contribution in [0.4, 0.5) is 0 Å². The molecule has 1 unspecified atom stereocenters. The first-order valence-electron chi connectivity index (χ1n) is 8.47. The second-order valence-electron chi connectivity index (χ2n) is 6.51. The molecule has 1 aliphatic carbocycles. The number of nitrogens with zero attached hydrogens (tertiary/aromatic N) is 2. The fourth-order valence-electron chi connectivity index (χ4n) is 3.87. The lowest BCUT2D eigenvalue weighted by atomic mass is 9.85. The molecule has 1 aliphatic rings. The van der Waals surface area contributed by atoms with E-state index < -0.39 is 0 Å². The summed E-state index contributed by atoms with van der Waals surface area (Å²) in [6.45, 7) is 2.27. The predicted molar refractivity (Wildman–Crippen MR) is 93.7 cm³/mol. The topological polar surface area (TPSA) is 17.8 Å². The highest BCUT2D eigenvalue weighted by atomic mass is 15.0. The van der Waals surface area contributed by atoms with E-state index in [1.807, 2.05) is 12.5 Å². The van der Waals surface area contributed by atoms with E-state index >= 15 is 0 Å². The molecule has 23 heavy (non-hydrogen) atoms. The van der Waals surface area contributed by atoms with Crippen molar-refractivity contribution < 1.29 is 0 Å². The van der Waals surface area contributed by atoms with E-state index in [-0.39, 0.29) is 6.04 Å². The van der Waals surface area contributed by atoms with E-state index in [9.17, 15) is 0 Å².